The summed E-state index contributed by atoms with van der Waals surface area (Å²) in [6.45, 7) is 3.67. The minimum atomic E-state index is -0.153. The fraction of sp³-hybridized carbons (Fsp3) is 0.769. The molecule has 1 saturated heterocycles. The van der Waals surface area contributed by atoms with Gasteiger partial charge in [0.1, 0.15) is 10.6 Å². The highest BCUT2D eigenvalue weighted by atomic mass is 32.1. The Bertz CT molecular complexity index is 406. The molecule has 3 rings (SSSR count). The molecule has 0 aromatic carbocycles. The lowest BCUT2D eigenvalue weighted by atomic mass is 9.97. The minimum Gasteiger partial charge on any atom is -0.368 e. The third kappa shape index (κ3) is 2.14. The molecule has 4 heteroatoms. The molecule has 2 aliphatic rings. The van der Waals surface area contributed by atoms with Crippen molar-refractivity contribution in [2.24, 2.45) is 5.73 Å². The molecule has 2 N–H and O–H groups in total. The van der Waals surface area contributed by atoms with Crippen molar-refractivity contribution in [1.82, 2.24) is 4.98 Å². The van der Waals surface area contributed by atoms with E-state index in [0.717, 1.165) is 18.0 Å². The molecule has 1 aliphatic carbocycles. The summed E-state index contributed by atoms with van der Waals surface area (Å²) in [5.41, 5.74) is 6.95. The van der Waals surface area contributed by atoms with Crippen molar-refractivity contribution in [2.45, 2.75) is 57.1 Å². The first-order valence-corrected chi connectivity index (χ1v) is 7.39. The lowest BCUT2D eigenvalue weighted by molar-refractivity contribution is -0.0702. The molecular formula is C13H20N2OS. The standard InChI is InChI=1S/C13H20N2OS/c1-13(6-2-3-7-16-13)12-15-11(9-4-5-9)10(8-14)17-12/h9H,2-8,14H2,1H3. The lowest BCUT2D eigenvalue weighted by Crippen LogP contribution is -2.30. The second kappa shape index (κ2) is 4.34. The first kappa shape index (κ1) is 11.6. The van der Waals surface area contributed by atoms with Crippen molar-refractivity contribution in [3.63, 3.8) is 0 Å². The predicted molar refractivity (Wildman–Crippen MR) is 69.1 cm³/mol. The Hall–Kier alpha value is -0.450. The maximum absolute atomic E-state index is 5.97. The highest BCUT2D eigenvalue weighted by molar-refractivity contribution is 7.11. The van der Waals surface area contributed by atoms with Crippen molar-refractivity contribution in [3.05, 3.63) is 15.6 Å². The summed E-state index contributed by atoms with van der Waals surface area (Å²) in [4.78, 5) is 6.13. The Morgan fingerprint density at radius 1 is 1.47 bits per heavy atom. The first-order chi connectivity index (χ1) is 8.23. The number of ether oxygens (including phenoxy) is 1. The average Bonchev–Trinajstić information content (AvgIpc) is 3.09. The summed E-state index contributed by atoms with van der Waals surface area (Å²) >= 11 is 1.77. The summed E-state index contributed by atoms with van der Waals surface area (Å²) in [6, 6.07) is 0. The number of hydrogen-bond donors (Lipinski definition) is 1. The van der Waals surface area contributed by atoms with E-state index in [9.17, 15) is 0 Å². The summed E-state index contributed by atoms with van der Waals surface area (Å²) in [5, 5.41) is 1.15. The van der Waals surface area contributed by atoms with Gasteiger partial charge in [0.25, 0.3) is 0 Å². The van der Waals surface area contributed by atoms with Crippen LogP contribution in [0.15, 0.2) is 0 Å². The van der Waals surface area contributed by atoms with Crippen molar-refractivity contribution in [2.75, 3.05) is 6.61 Å². The van der Waals surface area contributed by atoms with E-state index in [-0.39, 0.29) is 5.60 Å². The molecule has 94 valence electrons. The molecule has 1 aromatic rings. The fourth-order valence-electron chi connectivity index (χ4n) is 2.51. The molecule has 1 aliphatic heterocycles. The Labute approximate surface area is 106 Å². The number of aromatic nitrogens is 1. The van der Waals surface area contributed by atoms with Gasteiger partial charge in [-0.05, 0) is 39.0 Å². The van der Waals surface area contributed by atoms with Gasteiger partial charge in [-0.15, -0.1) is 11.3 Å². The molecule has 1 aromatic heterocycles. The summed E-state index contributed by atoms with van der Waals surface area (Å²) in [6.07, 6.45) is 6.09. The molecule has 0 spiro atoms. The van der Waals surface area contributed by atoms with Crippen LogP contribution in [0.2, 0.25) is 0 Å². The van der Waals surface area contributed by atoms with Crippen LogP contribution in [0.1, 0.15) is 60.5 Å². The van der Waals surface area contributed by atoms with Crippen LogP contribution in [0.25, 0.3) is 0 Å². The minimum absolute atomic E-state index is 0.153. The van der Waals surface area contributed by atoms with Gasteiger partial charge in [-0.1, -0.05) is 0 Å². The van der Waals surface area contributed by atoms with Crippen molar-refractivity contribution in [3.8, 4) is 0 Å². The van der Waals surface area contributed by atoms with E-state index < -0.39 is 0 Å². The van der Waals surface area contributed by atoms with Gasteiger partial charge >= 0.3 is 0 Å². The van der Waals surface area contributed by atoms with Gasteiger partial charge in [0.2, 0.25) is 0 Å². The molecule has 2 fully saturated rings. The zero-order valence-corrected chi connectivity index (χ0v) is 11.2. The van der Waals surface area contributed by atoms with E-state index in [1.54, 1.807) is 11.3 Å². The topological polar surface area (TPSA) is 48.1 Å². The third-order valence-corrected chi connectivity index (χ3v) is 5.14. The Morgan fingerprint density at radius 2 is 2.29 bits per heavy atom. The quantitative estimate of drug-likeness (QED) is 0.900. The Kier molecular flexibility index (Phi) is 2.97. The van der Waals surface area contributed by atoms with Gasteiger partial charge in [-0.25, -0.2) is 4.98 Å². The maximum Gasteiger partial charge on any atom is 0.125 e. The van der Waals surface area contributed by atoms with Gasteiger partial charge in [-0.2, -0.15) is 0 Å². The van der Waals surface area contributed by atoms with E-state index >= 15 is 0 Å². The van der Waals surface area contributed by atoms with Crippen molar-refractivity contribution in [1.29, 1.82) is 0 Å². The number of nitrogens with two attached hydrogens (primary N) is 1. The maximum atomic E-state index is 5.97. The van der Waals surface area contributed by atoms with Crippen LogP contribution in [0.5, 0.6) is 0 Å². The molecule has 0 amide bonds. The molecule has 1 atom stereocenters. The van der Waals surface area contributed by atoms with Crippen LogP contribution >= 0.6 is 11.3 Å². The summed E-state index contributed by atoms with van der Waals surface area (Å²) in [7, 11) is 0. The fourth-order valence-corrected chi connectivity index (χ4v) is 3.67. The van der Waals surface area contributed by atoms with Crippen LogP contribution in [-0.4, -0.2) is 11.6 Å². The zero-order valence-electron chi connectivity index (χ0n) is 10.4. The van der Waals surface area contributed by atoms with Crippen LogP contribution in [0, 0.1) is 0 Å². The molecule has 1 saturated carbocycles. The monoisotopic (exact) mass is 252 g/mol. The highest BCUT2D eigenvalue weighted by Gasteiger charge is 2.36. The van der Waals surface area contributed by atoms with E-state index in [4.69, 9.17) is 15.5 Å². The largest absolute Gasteiger partial charge is 0.368 e. The molecule has 3 nitrogen and oxygen atoms in total. The molecule has 0 bridgehead atoms. The van der Waals surface area contributed by atoms with Gasteiger partial charge < -0.3 is 10.5 Å². The normalized spacial score (nSPS) is 29.5. The zero-order chi connectivity index (χ0) is 11.9. The summed E-state index contributed by atoms with van der Waals surface area (Å²) < 4.78 is 5.97. The van der Waals surface area contributed by atoms with Crippen LogP contribution in [0.4, 0.5) is 0 Å². The van der Waals surface area contributed by atoms with Gasteiger partial charge in [-0.3, -0.25) is 0 Å². The van der Waals surface area contributed by atoms with Crippen molar-refractivity contribution >= 4 is 11.3 Å². The van der Waals surface area contributed by atoms with E-state index in [0.29, 0.717) is 12.5 Å². The molecular weight excluding hydrogens is 232 g/mol. The SMILES string of the molecule is CC1(c2nc(C3CC3)c(CN)s2)CCCCO1. The second-order valence-electron chi connectivity index (χ2n) is 5.34. The number of nitrogens with zero attached hydrogens (tertiary/aromatic N) is 1. The van der Waals surface area contributed by atoms with E-state index in [2.05, 4.69) is 6.92 Å². The number of thiazole rings is 1. The molecule has 17 heavy (non-hydrogen) atoms. The summed E-state index contributed by atoms with van der Waals surface area (Å²) in [5.74, 6) is 0.686. The van der Waals surface area contributed by atoms with Crippen molar-refractivity contribution < 1.29 is 4.74 Å². The average molecular weight is 252 g/mol. The van der Waals surface area contributed by atoms with Crippen LogP contribution in [0.3, 0.4) is 0 Å². The molecule has 1 unspecified atom stereocenters. The predicted octanol–water partition coefficient (Wildman–Crippen LogP) is 2.89. The second-order valence-corrected chi connectivity index (χ2v) is 6.43. The van der Waals surface area contributed by atoms with Gasteiger partial charge in [0.15, 0.2) is 0 Å². The number of rotatable bonds is 3. The lowest BCUT2D eigenvalue weighted by Gasteiger charge is -2.31. The molecule has 0 radical (unpaired) electrons. The third-order valence-electron chi connectivity index (χ3n) is 3.80. The number of hydrogen-bond acceptors (Lipinski definition) is 4. The first-order valence-electron chi connectivity index (χ1n) is 6.57. The molecule has 2 heterocycles. The van der Waals surface area contributed by atoms with Crippen LogP contribution < -0.4 is 5.73 Å². The highest BCUT2D eigenvalue weighted by Crippen LogP contribution is 2.45. The van der Waals surface area contributed by atoms with Gasteiger partial charge in [0.05, 0.1) is 5.69 Å². The van der Waals surface area contributed by atoms with E-state index in [1.165, 1.54) is 36.3 Å². The van der Waals surface area contributed by atoms with Gasteiger partial charge in [0, 0.05) is 23.9 Å². The Balaban J connectivity index is 1.91. The van der Waals surface area contributed by atoms with E-state index in [1.807, 2.05) is 0 Å². The Morgan fingerprint density at radius 3 is 2.88 bits per heavy atom. The smallest absolute Gasteiger partial charge is 0.125 e. The van der Waals surface area contributed by atoms with Crippen LogP contribution in [-0.2, 0) is 16.9 Å².